The van der Waals surface area contributed by atoms with Crippen LogP contribution in [0.5, 0.6) is 0 Å². The Balaban J connectivity index is 1.82. The fourth-order valence-corrected chi connectivity index (χ4v) is 3.13. The van der Waals surface area contributed by atoms with Crippen molar-refractivity contribution >= 4 is 34.5 Å². The van der Waals surface area contributed by atoms with Crippen LogP contribution >= 0.6 is 11.8 Å². The summed E-state index contributed by atoms with van der Waals surface area (Å²) in [6, 6.07) is 14.5. The molecule has 0 fully saturated rings. The van der Waals surface area contributed by atoms with Crippen LogP contribution in [-0.4, -0.2) is 27.2 Å². The van der Waals surface area contributed by atoms with E-state index in [0.717, 1.165) is 10.4 Å². The maximum atomic E-state index is 12.6. The Morgan fingerprint density at radius 1 is 1.09 bits per heavy atom. The minimum atomic E-state index is -1.02. The lowest BCUT2D eigenvalue weighted by molar-refractivity contribution is 0.0933. The fourth-order valence-electron chi connectivity index (χ4n) is 2.75. The van der Waals surface area contributed by atoms with Gasteiger partial charge in [0.1, 0.15) is 5.82 Å². The quantitative estimate of drug-likeness (QED) is 0.734. The van der Waals surface area contributed by atoms with E-state index >= 15 is 0 Å². The molecule has 1 amide bonds. The standard InChI is InChI=1S/C17H13N3O2S/c1-23-14-9-7-10-6-8-13(18-15(10)19-14)20-16(21)11-4-2-3-5-12(11)17(20)22/h2-9,16,21H,1H3. The molecule has 0 bridgehead atoms. The first kappa shape index (κ1) is 14.2. The van der Waals surface area contributed by atoms with Crippen LogP contribution in [0.3, 0.4) is 0 Å². The SMILES string of the molecule is CSc1ccc2ccc(N3C(=O)c4ccccc4C3O)nc2n1. The first-order valence-corrected chi connectivity index (χ1v) is 8.34. The van der Waals surface area contributed by atoms with E-state index < -0.39 is 6.23 Å². The number of aromatic nitrogens is 2. The zero-order chi connectivity index (χ0) is 16.0. The van der Waals surface area contributed by atoms with Gasteiger partial charge in [0, 0.05) is 16.5 Å². The van der Waals surface area contributed by atoms with E-state index in [4.69, 9.17) is 0 Å². The summed E-state index contributed by atoms with van der Waals surface area (Å²) in [5.41, 5.74) is 1.67. The van der Waals surface area contributed by atoms with Gasteiger partial charge in [-0.3, -0.25) is 9.69 Å². The van der Waals surface area contributed by atoms with E-state index in [-0.39, 0.29) is 5.91 Å². The number of rotatable bonds is 2. The molecule has 3 heterocycles. The Morgan fingerprint density at radius 3 is 2.65 bits per heavy atom. The van der Waals surface area contributed by atoms with Crippen LogP contribution in [0.25, 0.3) is 11.0 Å². The number of thioether (sulfide) groups is 1. The molecule has 0 saturated heterocycles. The Bertz CT molecular complexity index is 929. The summed E-state index contributed by atoms with van der Waals surface area (Å²) >= 11 is 1.53. The number of aliphatic hydroxyl groups is 1. The van der Waals surface area contributed by atoms with Gasteiger partial charge in [0.15, 0.2) is 11.9 Å². The van der Waals surface area contributed by atoms with Crippen LogP contribution in [0.2, 0.25) is 0 Å². The lowest BCUT2D eigenvalue weighted by Gasteiger charge is -2.20. The van der Waals surface area contributed by atoms with E-state index in [9.17, 15) is 9.90 Å². The molecule has 0 radical (unpaired) electrons. The van der Waals surface area contributed by atoms with Crippen molar-refractivity contribution < 1.29 is 9.90 Å². The second-order valence-electron chi connectivity index (χ2n) is 5.21. The van der Waals surface area contributed by atoms with Gasteiger partial charge in [-0.05, 0) is 36.6 Å². The van der Waals surface area contributed by atoms with Crippen molar-refractivity contribution in [1.29, 1.82) is 0 Å². The molecule has 23 heavy (non-hydrogen) atoms. The average Bonchev–Trinajstić information content (AvgIpc) is 2.85. The summed E-state index contributed by atoms with van der Waals surface area (Å²) in [5.74, 6) is 0.151. The number of pyridine rings is 2. The molecule has 1 aliphatic rings. The van der Waals surface area contributed by atoms with Crippen molar-refractivity contribution in [3.05, 3.63) is 59.7 Å². The minimum absolute atomic E-state index is 0.249. The van der Waals surface area contributed by atoms with Gasteiger partial charge in [0.05, 0.1) is 5.03 Å². The number of hydrogen-bond acceptors (Lipinski definition) is 5. The summed E-state index contributed by atoms with van der Waals surface area (Å²) in [7, 11) is 0. The lowest BCUT2D eigenvalue weighted by Crippen LogP contribution is -2.28. The molecule has 5 nitrogen and oxygen atoms in total. The van der Waals surface area contributed by atoms with E-state index in [1.54, 1.807) is 30.3 Å². The first-order valence-electron chi connectivity index (χ1n) is 7.11. The molecule has 2 aromatic heterocycles. The molecule has 1 aliphatic heterocycles. The number of nitrogens with zero attached hydrogens (tertiary/aromatic N) is 3. The van der Waals surface area contributed by atoms with E-state index in [2.05, 4.69) is 9.97 Å². The third-order valence-electron chi connectivity index (χ3n) is 3.90. The summed E-state index contributed by atoms with van der Waals surface area (Å²) in [6.07, 6.45) is 0.926. The fraction of sp³-hybridized carbons (Fsp3) is 0.118. The minimum Gasteiger partial charge on any atom is -0.369 e. The number of hydrogen-bond donors (Lipinski definition) is 1. The highest BCUT2D eigenvalue weighted by Gasteiger charge is 2.37. The van der Waals surface area contributed by atoms with E-state index in [1.165, 1.54) is 16.7 Å². The van der Waals surface area contributed by atoms with Crippen molar-refractivity contribution in [2.75, 3.05) is 11.2 Å². The predicted molar refractivity (Wildman–Crippen MR) is 89.5 cm³/mol. The second-order valence-corrected chi connectivity index (χ2v) is 6.03. The topological polar surface area (TPSA) is 66.3 Å². The van der Waals surface area contributed by atoms with Crippen molar-refractivity contribution in [3.63, 3.8) is 0 Å². The molecule has 0 spiro atoms. The number of anilines is 1. The Hall–Kier alpha value is -2.44. The highest BCUT2D eigenvalue weighted by atomic mass is 32.2. The average molecular weight is 323 g/mol. The van der Waals surface area contributed by atoms with Crippen molar-refractivity contribution in [3.8, 4) is 0 Å². The monoisotopic (exact) mass is 323 g/mol. The van der Waals surface area contributed by atoms with Crippen LogP contribution in [0.15, 0.2) is 53.6 Å². The number of amides is 1. The van der Waals surface area contributed by atoms with Gasteiger partial charge in [0.2, 0.25) is 0 Å². The van der Waals surface area contributed by atoms with Crippen LogP contribution in [0.4, 0.5) is 5.82 Å². The molecule has 1 unspecified atom stereocenters. The molecule has 3 aromatic rings. The number of carbonyl (C=O) groups is 1. The van der Waals surface area contributed by atoms with Crippen LogP contribution in [-0.2, 0) is 0 Å². The summed E-state index contributed by atoms with van der Waals surface area (Å²) in [6.45, 7) is 0. The predicted octanol–water partition coefficient (Wildman–Crippen LogP) is 3.00. The van der Waals surface area contributed by atoms with Gasteiger partial charge >= 0.3 is 0 Å². The molecule has 0 saturated carbocycles. The molecule has 4 rings (SSSR count). The molecule has 114 valence electrons. The van der Waals surface area contributed by atoms with Crippen LogP contribution in [0, 0.1) is 0 Å². The Kier molecular flexibility index (Phi) is 3.28. The van der Waals surface area contributed by atoms with Gasteiger partial charge in [-0.25, -0.2) is 9.97 Å². The largest absolute Gasteiger partial charge is 0.369 e. The van der Waals surface area contributed by atoms with Gasteiger partial charge in [-0.2, -0.15) is 0 Å². The van der Waals surface area contributed by atoms with Crippen LogP contribution < -0.4 is 4.90 Å². The van der Waals surface area contributed by atoms with Gasteiger partial charge in [-0.1, -0.05) is 18.2 Å². The van der Waals surface area contributed by atoms with Crippen molar-refractivity contribution in [2.24, 2.45) is 0 Å². The molecular weight excluding hydrogens is 310 g/mol. The summed E-state index contributed by atoms with van der Waals surface area (Å²) in [5, 5.41) is 12.2. The van der Waals surface area contributed by atoms with E-state index in [1.807, 2.05) is 24.5 Å². The van der Waals surface area contributed by atoms with Crippen LogP contribution in [0.1, 0.15) is 22.1 Å². The summed E-state index contributed by atoms with van der Waals surface area (Å²) in [4.78, 5) is 22.8. The maximum Gasteiger partial charge on any atom is 0.262 e. The molecule has 1 N–H and O–H groups in total. The zero-order valence-corrected chi connectivity index (χ0v) is 13.1. The zero-order valence-electron chi connectivity index (χ0n) is 12.3. The normalized spacial score (nSPS) is 16.9. The van der Waals surface area contributed by atoms with Gasteiger partial charge in [0.25, 0.3) is 5.91 Å². The van der Waals surface area contributed by atoms with Gasteiger partial charge < -0.3 is 5.11 Å². The second kappa shape index (κ2) is 5.33. The number of carbonyl (C=O) groups excluding carboxylic acids is 1. The summed E-state index contributed by atoms with van der Waals surface area (Å²) < 4.78 is 0. The number of benzene rings is 1. The molecule has 1 aromatic carbocycles. The van der Waals surface area contributed by atoms with Crippen molar-refractivity contribution in [2.45, 2.75) is 11.3 Å². The lowest BCUT2D eigenvalue weighted by atomic mass is 10.1. The number of aliphatic hydroxyl groups excluding tert-OH is 1. The highest BCUT2D eigenvalue weighted by Crippen LogP contribution is 2.35. The third-order valence-corrected chi connectivity index (χ3v) is 4.55. The highest BCUT2D eigenvalue weighted by molar-refractivity contribution is 7.98. The molecule has 1 atom stereocenters. The Labute approximate surface area is 137 Å². The molecule has 6 heteroatoms. The van der Waals surface area contributed by atoms with Crippen molar-refractivity contribution in [1.82, 2.24) is 9.97 Å². The smallest absolute Gasteiger partial charge is 0.262 e. The maximum absolute atomic E-state index is 12.6. The first-order chi connectivity index (χ1) is 11.2. The van der Waals surface area contributed by atoms with Gasteiger partial charge in [-0.15, -0.1) is 11.8 Å². The Morgan fingerprint density at radius 2 is 1.87 bits per heavy atom. The molecule has 0 aliphatic carbocycles. The third kappa shape index (κ3) is 2.18. The van der Waals surface area contributed by atoms with E-state index in [0.29, 0.717) is 22.6 Å². The molecular formula is C17H13N3O2S. The number of fused-ring (bicyclic) bond motifs is 2.